The molecule has 0 amide bonds. The molecule has 2 aromatic rings. The number of rotatable bonds is 3. The summed E-state index contributed by atoms with van der Waals surface area (Å²) in [6.07, 6.45) is 4.17. The molecular weight excluding hydrogens is 210 g/mol. The number of benzene rings is 1. The maximum absolute atomic E-state index is 8.73. The van der Waals surface area contributed by atoms with Gasteiger partial charge in [-0.15, -0.1) is 6.58 Å². The molecule has 0 aliphatic rings. The van der Waals surface area contributed by atoms with E-state index in [2.05, 4.69) is 22.6 Å². The lowest BCUT2D eigenvalue weighted by molar-refractivity contribution is 0.995. The van der Waals surface area contributed by atoms with Crippen LogP contribution in [0.3, 0.4) is 0 Å². The smallest absolute Gasteiger partial charge is 0.132 e. The van der Waals surface area contributed by atoms with Gasteiger partial charge in [-0.1, -0.05) is 18.2 Å². The summed E-state index contributed by atoms with van der Waals surface area (Å²) in [5, 5.41) is 8.73. The van der Waals surface area contributed by atoms with E-state index < -0.39 is 0 Å². The topological polar surface area (TPSA) is 49.6 Å². The molecule has 17 heavy (non-hydrogen) atoms. The van der Waals surface area contributed by atoms with Crippen molar-refractivity contribution in [2.45, 2.75) is 6.42 Å². The lowest BCUT2D eigenvalue weighted by Gasteiger charge is -2.02. The molecule has 3 heteroatoms. The zero-order valence-electron chi connectivity index (χ0n) is 9.30. The Labute approximate surface area is 100 Å². The molecule has 0 bridgehead atoms. The summed E-state index contributed by atoms with van der Waals surface area (Å²) in [6.45, 7) is 3.67. The number of nitrogens with zero attached hydrogens (tertiary/aromatic N) is 3. The first kappa shape index (κ1) is 11.0. The summed E-state index contributed by atoms with van der Waals surface area (Å²) in [5.41, 5.74) is 2.49. The second kappa shape index (κ2) is 5.04. The molecule has 0 aliphatic carbocycles. The molecule has 0 N–H and O–H groups in total. The van der Waals surface area contributed by atoms with Crippen molar-refractivity contribution in [3.63, 3.8) is 0 Å². The fraction of sp³-hybridized carbons (Fsp3) is 0.0714. The highest BCUT2D eigenvalue weighted by molar-refractivity contribution is 5.59. The summed E-state index contributed by atoms with van der Waals surface area (Å²) < 4.78 is 0. The van der Waals surface area contributed by atoms with Gasteiger partial charge in [0.15, 0.2) is 0 Å². The van der Waals surface area contributed by atoms with Crippen molar-refractivity contribution < 1.29 is 0 Å². The Hall–Kier alpha value is -2.47. The van der Waals surface area contributed by atoms with Gasteiger partial charge in [-0.25, -0.2) is 9.97 Å². The van der Waals surface area contributed by atoms with Gasteiger partial charge in [0.2, 0.25) is 0 Å². The molecule has 1 aromatic carbocycles. The van der Waals surface area contributed by atoms with Gasteiger partial charge in [0.25, 0.3) is 0 Å². The fourth-order valence-corrected chi connectivity index (χ4v) is 1.50. The Morgan fingerprint density at radius 1 is 1.24 bits per heavy atom. The van der Waals surface area contributed by atoms with Gasteiger partial charge < -0.3 is 0 Å². The number of aromatic nitrogens is 2. The van der Waals surface area contributed by atoms with Crippen LogP contribution in [-0.2, 0) is 6.42 Å². The maximum Gasteiger partial charge on any atom is 0.132 e. The van der Waals surface area contributed by atoms with Crippen LogP contribution in [0.2, 0.25) is 0 Å². The lowest BCUT2D eigenvalue weighted by atomic mass is 10.1. The predicted octanol–water partition coefficient (Wildman–Crippen LogP) is 2.74. The molecule has 0 radical (unpaired) electrons. The molecule has 0 spiro atoms. The average Bonchev–Trinajstić information content (AvgIpc) is 2.40. The van der Waals surface area contributed by atoms with Crippen LogP contribution in [0.5, 0.6) is 0 Å². The Balaban J connectivity index is 2.35. The quantitative estimate of drug-likeness (QED) is 0.749. The minimum atomic E-state index is 0.647. The summed E-state index contributed by atoms with van der Waals surface area (Å²) in [7, 11) is 0. The van der Waals surface area contributed by atoms with Crippen molar-refractivity contribution in [1.29, 1.82) is 5.26 Å². The average molecular weight is 221 g/mol. The molecule has 82 valence electrons. The van der Waals surface area contributed by atoms with Crippen LogP contribution in [0.25, 0.3) is 11.3 Å². The van der Waals surface area contributed by atoms with Crippen molar-refractivity contribution in [1.82, 2.24) is 9.97 Å². The number of hydrogen-bond acceptors (Lipinski definition) is 3. The molecule has 2 rings (SSSR count). The first-order chi connectivity index (χ1) is 8.33. The molecule has 1 aromatic heterocycles. The van der Waals surface area contributed by atoms with Crippen molar-refractivity contribution >= 4 is 0 Å². The second-order valence-electron chi connectivity index (χ2n) is 3.54. The van der Waals surface area contributed by atoms with E-state index in [-0.39, 0.29) is 0 Å². The molecule has 0 unspecified atom stereocenters. The Bertz CT molecular complexity index is 565. The van der Waals surface area contributed by atoms with E-state index in [1.54, 1.807) is 24.4 Å². The first-order valence-electron chi connectivity index (χ1n) is 5.27. The molecule has 0 fully saturated rings. The van der Waals surface area contributed by atoms with E-state index in [4.69, 9.17) is 5.26 Å². The zero-order valence-corrected chi connectivity index (χ0v) is 9.30. The van der Waals surface area contributed by atoms with Crippen LogP contribution < -0.4 is 0 Å². The number of allylic oxidation sites excluding steroid dienone is 1. The van der Waals surface area contributed by atoms with E-state index in [0.29, 0.717) is 12.0 Å². The zero-order chi connectivity index (χ0) is 12.1. The van der Waals surface area contributed by atoms with Crippen LogP contribution >= 0.6 is 0 Å². The molecule has 3 nitrogen and oxygen atoms in total. The Morgan fingerprint density at radius 3 is 2.65 bits per heavy atom. The van der Waals surface area contributed by atoms with Crippen LogP contribution in [0, 0.1) is 11.3 Å². The largest absolute Gasteiger partial charge is 0.241 e. The Kier molecular flexibility index (Phi) is 3.27. The van der Waals surface area contributed by atoms with Gasteiger partial charge in [0, 0.05) is 18.2 Å². The lowest BCUT2D eigenvalue weighted by Crippen LogP contribution is -1.94. The molecule has 1 heterocycles. The van der Waals surface area contributed by atoms with Crippen LogP contribution in [0.4, 0.5) is 0 Å². The van der Waals surface area contributed by atoms with Crippen molar-refractivity contribution in [2.24, 2.45) is 0 Å². The minimum Gasteiger partial charge on any atom is -0.241 e. The Morgan fingerprint density at radius 2 is 2.00 bits per heavy atom. The molecule has 0 atom stereocenters. The van der Waals surface area contributed by atoms with Gasteiger partial charge in [-0.05, 0) is 18.2 Å². The van der Waals surface area contributed by atoms with Gasteiger partial charge in [-0.3, -0.25) is 0 Å². The summed E-state index contributed by atoms with van der Waals surface area (Å²) in [4.78, 5) is 8.58. The molecule has 0 aliphatic heterocycles. The second-order valence-corrected chi connectivity index (χ2v) is 3.54. The molecular formula is C14H11N3. The highest BCUT2D eigenvalue weighted by atomic mass is 14.9. The number of nitriles is 1. The minimum absolute atomic E-state index is 0.647. The third-order valence-corrected chi connectivity index (χ3v) is 2.34. The van der Waals surface area contributed by atoms with Gasteiger partial charge >= 0.3 is 0 Å². The number of hydrogen-bond donors (Lipinski definition) is 0. The summed E-state index contributed by atoms with van der Waals surface area (Å²) in [5.74, 6) is 0.752. The summed E-state index contributed by atoms with van der Waals surface area (Å²) in [6, 6.07) is 11.3. The van der Waals surface area contributed by atoms with Gasteiger partial charge in [0.05, 0.1) is 17.3 Å². The third-order valence-electron chi connectivity index (χ3n) is 2.34. The van der Waals surface area contributed by atoms with Crippen LogP contribution in [-0.4, -0.2) is 9.97 Å². The van der Waals surface area contributed by atoms with E-state index in [9.17, 15) is 0 Å². The van der Waals surface area contributed by atoms with Gasteiger partial charge in [0.1, 0.15) is 5.82 Å². The van der Waals surface area contributed by atoms with E-state index in [0.717, 1.165) is 17.1 Å². The van der Waals surface area contributed by atoms with Crippen molar-refractivity contribution in [3.8, 4) is 17.3 Å². The van der Waals surface area contributed by atoms with Crippen LogP contribution in [0.1, 0.15) is 11.4 Å². The predicted molar refractivity (Wildman–Crippen MR) is 66.1 cm³/mol. The molecule has 0 saturated heterocycles. The van der Waals surface area contributed by atoms with Crippen molar-refractivity contribution in [2.75, 3.05) is 0 Å². The van der Waals surface area contributed by atoms with Gasteiger partial charge in [-0.2, -0.15) is 5.26 Å². The maximum atomic E-state index is 8.73. The normalized spacial score (nSPS) is 9.59. The summed E-state index contributed by atoms with van der Waals surface area (Å²) >= 11 is 0. The highest BCUT2D eigenvalue weighted by Crippen LogP contribution is 2.17. The fourth-order valence-electron chi connectivity index (χ4n) is 1.50. The first-order valence-corrected chi connectivity index (χ1v) is 5.27. The monoisotopic (exact) mass is 221 g/mol. The third kappa shape index (κ3) is 2.56. The van der Waals surface area contributed by atoms with E-state index in [1.165, 1.54) is 0 Å². The van der Waals surface area contributed by atoms with Crippen molar-refractivity contribution in [3.05, 3.63) is 60.6 Å². The SMILES string of the molecule is C=CCc1nccc(-c2ccc(C#N)cc2)n1. The molecule has 0 saturated carbocycles. The van der Waals surface area contributed by atoms with E-state index in [1.807, 2.05) is 18.2 Å². The van der Waals surface area contributed by atoms with Crippen LogP contribution in [0.15, 0.2) is 49.2 Å². The highest BCUT2D eigenvalue weighted by Gasteiger charge is 2.01. The standard InChI is InChI=1S/C14H11N3/c1-2-3-14-16-9-8-13(17-14)12-6-4-11(10-15)5-7-12/h2,4-9H,1,3H2. The van der Waals surface area contributed by atoms with E-state index >= 15 is 0 Å².